The van der Waals surface area contributed by atoms with Gasteiger partial charge in [0.1, 0.15) is 5.75 Å². The van der Waals surface area contributed by atoms with Gasteiger partial charge in [0, 0.05) is 18.5 Å². The molecule has 0 aromatic heterocycles. The van der Waals surface area contributed by atoms with Gasteiger partial charge in [-0.1, -0.05) is 30.7 Å². The van der Waals surface area contributed by atoms with Gasteiger partial charge in [-0.15, -0.1) is 0 Å². The Balaban J connectivity index is 2.63. The van der Waals surface area contributed by atoms with Crippen LogP contribution in [0, 0.1) is 0 Å². The second-order valence-corrected chi connectivity index (χ2v) is 5.72. The first-order valence-corrected chi connectivity index (χ1v) is 7.15. The van der Waals surface area contributed by atoms with Crippen molar-refractivity contribution in [3.63, 3.8) is 0 Å². The van der Waals surface area contributed by atoms with E-state index in [1.165, 1.54) is 0 Å². The molecule has 0 saturated carbocycles. The van der Waals surface area contributed by atoms with E-state index < -0.39 is 5.60 Å². The van der Waals surface area contributed by atoms with Gasteiger partial charge in [-0.05, 0) is 32.9 Å². The monoisotopic (exact) mass is 285 g/mol. The average molecular weight is 286 g/mol. The zero-order valence-corrected chi connectivity index (χ0v) is 12.8. The number of benzene rings is 1. The number of para-hydroxylation sites is 1. The van der Waals surface area contributed by atoms with Gasteiger partial charge in [-0.25, -0.2) is 0 Å². The van der Waals surface area contributed by atoms with Crippen LogP contribution in [0.1, 0.15) is 39.2 Å². The Morgan fingerprint density at radius 3 is 2.74 bits per heavy atom. The highest BCUT2D eigenvalue weighted by Crippen LogP contribution is 2.29. The molecule has 0 amide bonds. The van der Waals surface area contributed by atoms with Gasteiger partial charge in [0.15, 0.2) is 0 Å². The van der Waals surface area contributed by atoms with Crippen LogP contribution in [0.5, 0.6) is 5.75 Å². The highest BCUT2D eigenvalue weighted by Gasteiger charge is 2.14. The van der Waals surface area contributed by atoms with E-state index in [0.29, 0.717) is 18.1 Å². The van der Waals surface area contributed by atoms with E-state index in [9.17, 15) is 5.11 Å². The summed E-state index contributed by atoms with van der Waals surface area (Å²) >= 11 is 6.18. The summed E-state index contributed by atoms with van der Waals surface area (Å²) < 4.78 is 5.74. The fourth-order valence-electron chi connectivity index (χ4n) is 1.66. The van der Waals surface area contributed by atoms with E-state index in [2.05, 4.69) is 12.2 Å². The van der Waals surface area contributed by atoms with Crippen molar-refractivity contribution in [3.8, 4) is 5.75 Å². The van der Waals surface area contributed by atoms with Gasteiger partial charge in [0.05, 0.1) is 17.2 Å². The molecule has 2 N–H and O–H groups in total. The van der Waals surface area contributed by atoms with Crippen molar-refractivity contribution in [2.45, 2.75) is 45.8 Å². The van der Waals surface area contributed by atoms with E-state index in [4.69, 9.17) is 16.3 Å². The molecule has 19 heavy (non-hydrogen) atoms. The molecule has 0 spiro atoms. The zero-order valence-electron chi connectivity index (χ0n) is 12.0. The van der Waals surface area contributed by atoms with Crippen LogP contribution in [0.15, 0.2) is 18.2 Å². The molecular weight excluding hydrogens is 262 g/mol. The maximum atomic E-state index is 9.68. The first-order chi connectivity index (χ1) is 8.94. The number of nitrogens with one attached hydrogen (secondary N) is 1. The Morgan fingerprint density at radius 2 is 2.11 bits per heavy atom. The van der Waals surface area contributed by atoms with Gasteiger partial charge in [0.25, 0.3) is 0 Å². The number of halogens is 1. The summed E-state index contributed by atoms with van der Waals surface area (Å²) in [6, 6.07) is 5.76. The Labute approximate surface area is 120 Å². The summed E-state index contributed by atoms with van der Waals surface area (Å²) in [4.78, 5) is 0. The molecule has 0 aliphatic heterocycles. The first-order valence-electron chi connectivity index (χ1n) is 6.77. The first kappa shape index (κ1) is 16.3. The van der Waals surface area contributed by atoms with Crippen LogP contribution in [-0.4, -0.2) is 23.9 Å². The third-order valence-corrected chi connectivity index (χ3v) is 3.05. The van der Waals surface area contributed by atoms with Gasteiger partial charge in [-0.2, -0.15) is 0 Å². The van der Waals surface area contributed by atoms with E-state index >= 15 is 0 Å². The smallest absolute Gasteiger partial charge is 0.142 e. The summed E-state index contributed by atoms with van der Waals surface area (Å²) in [5.74, 6) is 0.719. The average Bonchev–Trinajstić information content (AvgIpc) is 2.31. The van der Waals surface area contributed by atoms with E-state index in [0.717, 1.165) is 30.8 Å². The van der Waals surface area contributed by atoms with Crippen LogP contribution in [0.3, 0.4) is 0 Å². The van der Waals surface area contributed by atoms with Crippen LogP contribution in [0.25, 0.3) is 0 Å². The Morgan fingerprint density at radius 1 is 1.37 bits per heavy atom. The molecule has 1 rings (SSSR count). The second-order valence-electron chi connectivity index (χ2n) is 5.32. The molecule has 0 fully saturated rings. The Kier molecular flexibility index (Phi) is 6.63. The largest absolute Gasteiger partial charge is 0.492 e. The Bertz CT molecular complexity index is 388. The number of hydrogen-bond acceptors (Lipinski definition) is 3. The lowest BCUT2D eigenvalue weighted by atomic mass is 10.1. The summed E-state index contributed by atoms with van der Waals surface area (Å²) in [6.07, 6.45) is 1.66. The fourth-order valence-corrected chi connectivity index (χ4v) is 1.91. The van der Waals surface area contributed by atoms with Crippen LogP contribution >= 0.6 is 11.6 Å². The van der Waals surface area contributed by atoms with Crippen LogP contribution in [0.4, 0.5) is 0 Å². The van der Waals surface area contributed by atoms with E-state index in [-0.39, 0.29) is 0 Å². The standard InChI is InChI=1S/C15H24ClNO2/c1-4-9-17-11-12-6-5-7-13(16)14(12)19-10-8-15(2,3)18/h5-7,17-18H,4,8-11H2,1-3H3. The number of rotatable bonds is 8. The quantitative estimate of drug-likeness (QED) is 0.720. The molecule has 0 bridgehead atoms. The minimum atomic E-state index is -0.720. The lowest BCUT2D eigenvalue weighted by molar-refractivity contribution is 0.0552. The van der Waals surface area contributed by atoms with E-state index in [1.807, 2.05) is 18.2 Å². The van der Waals surface area contributed by atoms with Crippen molar-refractivity contribution in [1.82, 2.24) is 5.32 Å². The fraction of sp³-hybridized carbons (Fsp3) is 0.600. The topological polar surface area (TPSA) is 41.5 Å². The van der Waals surface area contributed by atoms with Crippen LogP contribution in [0.2, 0.25) is 5.02 Å². The highest BCUT2D eigenvalue weighted by atomic mass is 35.5. The lowest BCUT2D eigenvalue weighted by Gasteiger charge is -2.19. The molecule has 1 aromatic carbocycles. The van der Waals surface area contributed by atoms with Crippen molar-refractivity contribution in [3.05, 3.63) is 28.8 Å². The summed E-state index contributed by atoms with van der Waals surface area (Å²) in [7, 11) is 0. The van der Waals surface area contributed by atoms with Gasteiger partial charge < -0.3 is 15.2 Å². The number of aliphatic hydroxyl groups is 1. The molecule has 0 aliphatic carbocycles. The van der Waals surface area contributed by atoms with Gasteiger partial charge in [0.2, 0.25) is 0 Å². The maximum absolute atomic E-state index is 9.68. The lowest BCUT2D eigenvalue weighted by Crippen LogP contribution is -2.22. The van der Waals surface area contributed by atoms with Gasteiger partial charge >= 0.3 is 0 Å². The molecule has 0 heterocycles. The third-order valence-electron chi connectivity index (χ3n) is 2.75. The highest BCUT2D eigenvalue weighted by molar-refractivity contribution is 6.32. The molecule has 0 saturated heterocycles. The maximum Gasteiger partial charge on any atom is 0.142 e. The summed E-state index contributed by atoms with van der Waals surface area (Å²) in [5, 5.41) is 13.6. The minimum Gasteiger partial charge on any atom is -0.492 e. The molecule has 4 heteroatoms. The summed E-state index contributed by atoms with van der Waals surface area (Å²) in [6.45, 7) is 7.83. The Hall–Kier alpha value is -0.770. The SMILES string of the molecule is CCCNCc1cccc(Cl)c1OCCC(C)(C)O. The van der Waals surface area contributed by atoms with Crippen molar-refractivity contribution >= 4 is 11.6 Å². The van der Waals surface area contributed by atoms with Crippen molar-refractivity contribution < 1.29 is 9.84 Å². The van der Waals surface area contributed by atoms with Crippen LogP contribution in [-0.2, 0) is 6.54 Å². The van der Waals surface area contributed by atoms with Crippen molar-refractivity contribution in [1.29, 1.82) is 0 Å². The molecular formula is C15H24ClNO2. The molecule has 108 valence electrons. The molecule has 0 aliphatic rings. The van der Waals surface area contributed by atoms with Gasteiger partial charge in [-0.3, -0.25) is 0 Å². The zero-order chi connectivity index (χ0) is 14.3. The van der Waals surface area contributed by atoms with Crippen LogP contribution < -0.4 is 10.1 Å². The third kappa shape index (κ3) is 6.28. The number of ether oxygens (including phenoxy) is 1. The summed E-state index contributed by atoms with van der Waals surface area (Å²) in [5.41, 5.74) is 0.332. The molecule has 0 atom stereocenters. The predicted octanol–water partition coefficient (Wildman–Crippen LogP) is 3.38. The minimum absolute atomic E-state index is 0.452. The molecule has 0 radical (unpaired) electrons. The van der Waals surface area contributed by atoms with Crippen molar-refractivity contribution in [2.24, 2.45) is 0 Å². The molecule has 0 unspecified atom stereocenters. The van der Waals surface area contributed by atoms with Crippen molar-refractivity contribution in [2.75, 3.05) is 13.2 Å². The molecule has 3 nitrogen and oxygen atoms in total. The molecule has 1 aromatic rings. The predicted molar refractivity (Wildman–Crippen MR) is 79.9 cm³/mol. The van der Waals surface area contributed by atoms with E-state index in [1.54, 1.807) is 13.8 Å². The number of hydrogen-bond donors (Lipinski definition) is 2. The second kappa shape index (κ2) is 7.73. The normalized spacial score (nSPS) is 11.6.